The number of halogens is 1. The summed E-state index contributed by atoms with van der Waals surface area (Å²) >= 11 is 0. The van der Waals surface area contributed by atoms with Gasteiger partial charge in [0.1, 0.15) is 23.9 Å². The van der Waals surface area contributed by atoms with Gasteiger partial charge in [-0.1, -0.05) is 0 Å². The zero-order valence-corrected chi connectivity index (χ0v) is 8.87. The zero-order valence-electron chi connectivity index (χ0n) is 8.87. The van der Waals surface area contributed by atoms with E-state index in [2.05, 4.69) is 0 Å². The first-order chi connectivity index (χ1) is 7.70. The molecule has 0 unspecified atom stereocenters. The highest BCUT2D eigenvalue weighted by atomic mass is 19.1. The van der Waals surface area contributed by atoms with E-state index in [9.17, 15) is 4.39 Å². The lowest BCUT2D eigenvalue weighted by Crippen LogP contribution is -1.88. The standard InChI is InChI=1S/C12H12FNO2/c1-15-7-9-3-5-12(16-9)10-6-8(14)2-4-11(10)13/h2-6H,7,14H2,1H3. The lowest BCUT2D eigenvalue weighted by molar-refractivity contribution is 0.165. The number of methoxy groups -OCH3 is 1. The molecule has 0 amide bonds. The molecule has 0 spiro atoms. The van der Waals surface area contributed by atoms with Gasteiger partial charge in [0, 0.05) is 12.8 Å². The minimum absolute atomic E-state index is 0.354. The van der Waals surface area contributed by atoms with Gasteiger partial charge in [0.15, 0.2) is 0 Å². The van der Waals surface area contributed by atoms with Crippen molar-refractivity contribution in [1.82, 2.24) is 0 Å². The van der Waals surface area contributed by atoms with E-state index in [-0.39, 0.29) is 5.82 Å². The summed E-state index contributed by atoms with van der Waals surface area (Å²) in [4.78, 5) is 0. The molecule has 2 aromatic rings. The van der Waals surface area contributed by atoms with Gasteiger partial charge in [0.25, 0.3) is 0 Å². The minimum Gasteiger partial charge on any atom is -0.459 e. The van der Waals surface area contributed by atoms with Gasteiger partial charge in [-0.25, -0.2) is 4.39 Å². The fourth-order valence-corrected chi connectivity index (χ4v) is 1.47. The Bertz CT molecular complexity index is 494. The number of benzene rings is 1. The smallest absolute Gasteiger partial charge is 0.137 e. The number of furan rings is 1. The lowest BCUT2D eigenvalue weighted by Gasteiger charge is -2.01. The molecule has 2 N–H and O–H groups in total. The first kappa shape index (κ1) is 10.7. The van der Waals surface area contributed by atoms with Crippen molar-refractivity contribution < 1.29 is 13.5 Å². The Kier molecular flexibility index (Phi) is 2.92. The van der Waals surface area contributed by atoms with Gasteiger partial charge < -0.3 is 14.9 Å². The lowest BCUT2D eigenvalue weighted by atomic mass is 10.1. The van der Waals surface area contributed by atoms with Crippen LogP contribution in [-0.2, 0) is 11.3 Å². The molecule has 0 atom stereocenters. The van der Waals surface area contributed by atoms with Crippen molar-refractivity contribution in [3.05, 3.63) is 41.9 Å². The third-order valence-corrected chi connectivity index (χ3v) is 2.20. The van der Waals surface area contributed by atoms with Crippen LogP contribution in [0.15, 0.2) is 34.7 Å². The van der Waals surface area contributed by atoms with Crippen LogP contribution in [0.2, 0.25) is 0 Å². The molecule has 4 heteroatoms. The van der Waals surface area contributed by atoms with Gasteiger partial charge in [-0.2, -0.15) is 0 Å². The van der Waals surface area contributed by atoms with Crippen molar-refractivity contribution in [3.8, 4) is 11.3 Å². The average molecular weight is 221 g/mol. The predicted octanol–water partition coefficient (Wildman–Crippen LogP) is 2.81. The molecule has 16 heavy (non-hydrogen) atoms. The quantitative estimate of drug-likeness (QED) is 0.811. The van der Waals surface area contributed by atoms with Crippen LogP contribution in [0.5, 0.6) is 0 Å². The highest BCUT2D eigenvalue weighted by Gasteiger charge is 2.10. The number of rotatable bonds is 3. The summed E-state index contributed by atoms with van der Waals surface area (Å²) in [5, 5.41) is 0. The summed E-state index contributed by atoms with van der Waals surface area (Å²) in [6.07, 6.45) is 0. The first-order valence-electron chi connectivity index (χ1n) is 4.84. The van der Waals surface area contributed by atoms with Crippen LogP contribution >= 0.6 is 0 Å². The van der Waals surface area contributed by atoms with Crippen LogP contribution in [0.4, 0.5) is 10.1 Å². The second-order valence-electron chi connectivity index (χ2n) is 3.44. The molecule has 1 aromatic carbocycles. The minimum atomic E-state index is -0.354. The Labute approximate surface area is 92.6 Å². The van der Waals surface area contributed by atoms with Gasteiger partial charge in [0.2, 0.25) is 0 Å². The molecule has 0 bridgehead atoms. The molecule has 2 rings (SSSR count). The number of nitrogen functional groups attached to an aromatic ring is 1. The molecule has 0 saturated carbocycles. The maximum atomic E-state index is 13.5. The van der Waals surface area contributed by atoms with E-state index >= 15 is 0 Å². The number of hydrogen-bond acceptors (Lipinski definition) is 3. The van der Waals surface area contributed by atoms with Crippen LogP contribution in [0.1, 0.15) is 5.76 Å². The Morgan fingerprint density at radius 1 is 1.31 bits per heavy atom. The van der Waals surface area contributed by atoms with Crippen molar-refractivity contribution in [3.63, 3.8) is 0 Å². The second kappa shape index (κ2) is 4.37. The van der Waals surface area contributed by atoms with E-state index in [1.165, 1.54) is 12.1 Å². The van der Waals surface area contributed by atoms with Crippen molar-refractivity contribution in [2.45, 2.75) is 6.61 Å². The van der Waals surface area contributed by atoms with Crippen LogP contribution in [0.3, 0.4) is 0 Å². The maximum absolute atomic E-state index is 13.5. The molecule has 0 radical (unpaired) electrons. The third-order valence-electron chi connectivity index (χ3n) is 2.20. The van der Waals surface area contributed by atoms with Gasteiger partial charge >= 0.3 is 0 Å². The molecule has 1 heterocycles. The third kappa shape index (κ3) is 2.06. The monoisotopic (exact) mass is 221 g/mol. The molecule has 0 aliphatic carbocycles. The number of hydrogen-bond donors (Lipinski definition) is 1. The van der Waals surface area contributed by atoms with E-state index < -0.39 is 0 Å². The Morgan fingerprint density at radius 3 is 2.88 bits per heavy atom. The SMILES string of the molecule is COCc1ccc(-c2cc(N)ccc2F)o1. The number of ether oxygens (including phenoxy) is 1. The first-order valence-corrected chi connectivity index (χ1v) is 4.84. The van der Waals surface area contributed by atoms with Crippen LogP contribution < -0.4 is 5.73 Å². The summed E-state index contributed by atoms with van der Waals surface area (Å²) in [6, 6.07) is 7.83. The summed E-state index contributed by atoms with van der Waals surface area (Å²) in [7, 11) is 1.57. The molecule has 0 aliphatic heterocycles. The summed E-state index contributed by atoms with van der Waals surface area (Å²) in [6.45, 7) is 0.365. The van der Waals surface area contributed by atoms with Gasteiger partial charge in [-0.05, 0) is 30.3 Å². The van der Waals surface area contributed by atoms with Crippen LogP contribution in [-0.4, -0.2) is 7.11 Å². The van der Waals surface area contributed by atoms with E-state index in [4.69, 9.17) is 14.9 Å². The van der Waals surface area contributed by atoms with Crippen molar-refractivity contribution in [2.24, 2.45) is 0 Å². The van der Waals surface area contributed by atoms with Crippen molar-refractivity contribution in [1.29, 1.82) is 0 Å². The maximum Gasteiger partial charge on any atom is 0.137 e. The highest BCUT2D eigenvalue weighted by molar-refractivity contribution is 5.63. The fraction of sp³-hybridized carbons (Fsp3) is 0.167. The molecule has 0 aliphatic rings. The van der Waals surface area contributed by atoms with E-state index in [0.717, 1.165) is 0 Å². The molecule has 84 valence electrons. The largest absolute Gasteiger partial charge is 0.459 e. The van der Waals surface area contributed by atoms with Gasteiger partial charge in [-0.15, -0.1) is 0 Å². The van der Waals surface area contributed by atoms with E-state index in [1.54, 1.807) is 25.3 Å². The van der Waals surface area contributed by atoms with Crippen molar-refractivity contribution >= 4 is 5.69 Å². The highest BCUT2D eigenvalue weighted by Crippen LogP contribution is 2.27. The average Bonchev–Trinajstić information content (AvgIpc) is 2.71. The number of anilines is 1. The Hall–Kier alpha value is -1.81. The fourth-order valence-electron chi connectivity index (χ4n) is 1.47. The normalized spacial score (nSPS) is 10.6. The molecular formula is C12H12FNO2. The topological polar surface area (TPSA) is 48.4 Å². The molecule has 1 aromatic heterocycles. The molecule has 0 saturated heterocycles. The van der Waals surface area contributed by atoms with E-state index in [1.807, 2.05) is 0 Å². The summed E-state index contributed by atoms with van der Waals surface area (Å²) < 4.78 is 23.8. The predicted molar refractivity (Wildman–Crippen MR) is 59.2 cm³/mol. The summed E-state index contributed by atoms with van der Waals surface area (Å²) in [5.41, 5.74) is 6.46. The van der Waals surface area contributed by atoms with Crippen molar-refractivity contribution in [2.75, 3.05) is 12.8 Å². The zero-order chi connectivity index (χ0) is 11.5. The summed E-state index contributed by atoms with van der Waals surface area (Å²) in [5.74, 6) is 0.753. The van der Waals surface area contributed by atoms with Gasteiger partial charge in [-0.3, -0.25) is 0 Å². The molecular weight excluding hydrogens is 209 g/mol. The second-order valence-corrected chi connectivity index (χ2v) is 3.44. The van der Waals surface area contributed by atoms with E-state index in [0.29, 0.717) is 29.4 Å². The van der Waals surface area contributed by atoms with Crippen LogP contribution in [0.25, 0.3) is 11.3 Å². The van der Waals surface area contributed by atoms with Crippen LogP contribution in [0, 0.1) is 5.82 Å². The van der Waals surface area contributed by atoms with Gasteiger partial charge in [0.05, 0.1) is 5.56 Å². The number of nitrogens with two attached hydrogens (primary N) is 1. The molecule has 0 fully saturated rings. The molecule has 3 nitrogen and oxygen atoms in total. The Morgan fingerprint density at radius 2 is 2.12 bits per heavy atom. The Balaban J connectivity index is 2.38.